The predicted molar refractivity (Wildman–Crippen MR) is 93.5 cm³/mol. The molecular formula is C21H20O2. The summed E-state index contributed by atoms with van der Waals surface area (Å²) in [6.07, 6.45) is 10.9. The van der Waals surface area contributed by atoms with Crippen LogP contribution in [0.2, 0.25) is 0 Å². The van der Waals surface area contributed by atoms with E-state index >= 15 is 0 Å². The molecule has 116 valence electrons. The van der Waals surface area contributed by atoms with Crippen molar-refractivity contribution in [3.63, 3.8) is 0 Å². The Labute approximate surface area is 137 Å². The van der Waals surface area contributed by atoms with Crippen LogP contribution < -0.4 is 9.47 Å². The Morgan fingerprint density at radius 3 is 2.17 bits per heavy atom. The fraction of sp³-hybridized carbons (Fsp3) is 0.143. The van der Waals surface area contributed by atoms with E-state index in [4.69, 9.17) is 9.47 Å². The molecule has 0 fully saturated rings. The molecule has 0 spiro atoms. The Morgan fingerprint density at radius 1 is 0.826 bits per heavy atom. The smallest absolute Gasteiger partial charge is 0.143 e. The maximum atomic E-state index is 6.09. The number of hydrogen-bond acceptors (Lipinski definition) is 2. The molecule has 2 aromatic carbocycles. The van der Waals surface area contributed by atoms with Crippen LogP contribution in [0.3, 0.4) is 0 Å². The summed E-state index contributed by atoms with van der Waals surface area (Å²) in [5.41, 5.74) is -0.462. The topological polar surface area (TPSA) is 18.5 Å². The average molecular weight is 304 g/mol. The third-order valence-electron chi connectivity index (χ3n) is 3.55. The zero-order valence-electron chi connectivity index (χ0n) is 13.2. The number of allylic oxidation sites excluding steroid dienone is 3. The van der Waals surface area contributed by atoms with E-state index in [0.29, 0.717) is 0 Å². The van der Waals surface area contributed by atoms with Crippen molar-refractivity contribution >= 4 is 0 Å². The lowest BCUT2D eigenvalue weighted by molar-refractivity contribution is 0.192. The van der Waals surface area contributed by atoms with Crippen LogP contribution in [0, 0.1) is 0 Å². The molecule has 2 aromatic rings. The molecule has 3 rings (SSSR count). The highest BCUT2D eigenvalue weighted by atomic mass is 16.5. The molecule has 0 aliphatic heterocycles. The van der Waals surface area contributed by atoms with Gasteiger partial charge in [0.15, 0.2) is 0 Å². The standard InChI is InChI=1S/C21H20O2/c1-21(23-20-12-6-3-7-13-20)16-8-14-19(15-9-17-21)22-18-10-4-2-5-11-18/h2-14,16-17H,15H2,1H3/b16-8-,17-9-,19-14?. The molecular weight excluding hydrogens is 284 g/mol. The van der Waals surface area contributed by atoms with Crippen LogP contribution in [-0.4, -0.2) is 5.60 Å². The van der Waals surface area contributed by atoms with Crippen LogP contribution in [0.25, 0.3) is 0 Å². The minimum atomic E-state index is -0.462. The molecule has 1 aliphatic rings. The molecule has 0 bridgehead atoms. The molecule has 0 amide bonds. The molecule has 0 heterocycles. The lowest BCUT2D eigenvalue weighted by Crippen LogP contribution is -2.27. The Morgan fingerprint density at radius 2 is 1.48 bits per heavy atom. The monoisotopic (exact) mass is 304 g/mol. The van der Waals surface area contributed by atoms with Crippen LogP contribution in [0.4, 0.5) is 0 Å². The van der Waals surface area contributed by atoms with Crippen molar-refractivity contribution in [2.75, 3.05) is 0 Å². The normalized spacial score (nSPS) is 23.1. The first-order valence-corrected chi connectivity index (χ1v) is 7.77. The molecule has 2 nitrogen and oxygen atoms in total. The summed E-state index contributed by atoms with van der Waals surface area (Å²) in [5, 5.41) is 0. The van der Waals surface area contributed by atoms with Gasteiger partial charge in [-0.05, 0) is 49.4 Å². The van der Waals surface area contributed by atoms with Gasteiger partial charge in [0.2, 0.25) is 0 Å². The van der Waals surface area contributed by atoms with Crippen LogP contribution >= 0.6 is 0 Å². The van der Waals surface area contributed by atoms with E-state index in [0.717, 1.165) is 23.7 Å². The van der Waals surface area contributed by atoms with Crippen LogP contribution in [0.15, 0.2) is 96.8 Å². The van der Waals surface area contributed by atoms with E-state index in [2.05, 4.69) is 12.2 Å². The minimum Gasteiger partial charge on any atom is -0.479 e. The molecule has 2 heteroatoms. The summed E-state index contributed by atoms with van der Waals surface area (Å²) in [6, 6.07) is 19.7. The quantitative estimate of drug-likeness (QED) is 0.713. The van der Waals surface area contributed by atoms with Crippen LogP contribution in [0.5, 0.6) is 11.5 Å². The Hall–Kier alpha value is -2.74. The van der Waals surface area contributed by atoms with Crippen molar-refractivity contribution in [3.05, 3.63) is 96.8 Å². The van der Waals surface area contributed by atoms with Crippen molar-refractivity contribution < 1.29 is 9.47 Å². The van der Waals surface area contributed by atoms with Crippen molar-refractivity contribution in [2.24, 2.45) is 0 Å². The predicted octanol–water partition coefficient (Wildman–Crippen LogP) is 5.30. The fourth-order valence-corrected chi connectivity index (χ4v) is 2.41. The number of hydrogen-bond donors (Lipinski definition) is 0. The van der Waals surface area contributed by atoms with Gasteiger partial charge in [0.25, 0.3) is 0 Å². The molecule has 1 unspecified atom stereocenters. The molecule has 0 saturated heterocycles. The van der Waals surface area contributed by atoms with E-state index in [1.165, 1.54) is 0 Å². The molecule has 0 radical (unpaired) electrons. The highest BCUT2D eigenvalue weighted by Gasteiger charge is 2.19. The maximum Gasteiger partial charge on any atom is 0.143 e. The van der Waals surface area contributed by atoms with Gasteiger partial charge in [-0.2, -0.15) is 0 Å². The summed E-state index contributed by atoms with van der Waals surface area (Å²) in [6.45, 7) is 2.05. The van der Waals surface area contributed by atoms with E-state index in [9.17, 15) is 0 Å². The van der Waals surface area contributed by atoms with Gasteiger partial charge in [-0.3, -0.25) is 0 Å². The van der Waals surface area contributed by atoms with E-state index in [-0.39, 0.29) is 0 Å². The van der Waals surface area contributed by atoms with Gasteiger partial charge in [0.1, 0.15) is 22.9 Å². The van der Waals surface area contributed by atoms with Gasteiger partial charge in [-0.15, -0.1) is 0 Å². The highest BCUT2D eigenvalue weighted by molar-refractivity contribution is 5.30. The molecule has 1 atom stereocenters. The first kappa shape index (κ1) is 15.2. The van der Waals surface area contributed by atoms with Crippen molar-refractivity contribution in [2.45, 2.75) is 18.9 Å². The van der Waals surface area contributed by atoms with E-state index < -0.39 is 5.60 Å². The van der Waals surface area contributed by atoms with Crippen molar-refractivity contribution in [1.82, 2.24) is 0 Å². The summed E-state index contributed by atoms with van der Waals surface area (Å²) in [5.74, 6) is 2.62. The third kappa shape index (κ3) is 4.36. The van der Waals surface area contributed by atoms with Crippen molar-refractivity contribution in [3.8, 4) is 11.5 Å². The zero-order chi connectivity index (χ0) is 16.0. The minimum absolute atomic E-state index is 0.462. The maximum absolute atomic E-state index is 6.09. The second kappa shape index (κ2) is 7.01. The first-order valence-electron chi connectivity index (χ1n) is 7.77. The molecule has 0 saturated carbocycles. The highest BCUT2D eigenvalue weighted by Crippen LogP contribution is 2.24. The summed E-state index contributed by atoms with van der Waals surface area (Å²) < 4.78 is 12.0. The zero-order valence-corrected chi connectivity index (χ0v) is 13.2. The first-order chi connectivity index (χ1) is 11.2. The second-order valence-electron chi connectivity index (χ2n) is 5.61. The van der Waals surface area contributed by atoms with Crippen LogP contribution in [-0.2, 0) is 0 Å². The molecule has 1 aliphatic carbocycles. The lowest BCUT2D eigenvalue weighted by Gasteiger charge is -2.25. The molecule has 0 N–H and O–H groups in total. The Kier molecular flexibility index (Phi) is 4.62. The number of ether oxygens (including phenoxy) is 2. The Bertz CT molecular complexity index is 714. The van der Waals surface area contributed by atoms with E-state index in [1.807, 2.05) is 85.8 Å². The van der Waals surface area contributed by atoms with Gasteiger partial charge >= 0.3 is 0 Å². The van der Waals surface area contributed by atoms with Gasteiger partial charge in [-0.1, -0.05) is 48.6 Å². The van der Waals surface area contributed by atoms with Crippen molar-refractivity contribution in [1.29, 1.82) is 0 Å². The average Bonchev–Trinajstić information content (AvgIpc) is 2.55. The fourth-order valence-electron chi connectivity index (χ4n) is 2.41. The Balaban J connectivity index is 1.72. The summed E-state index contributed by atoms with van der Waals surface area (Å²) in [7, 11) is 0. The van der Waals surface area contributed by atoms with Gasteiger partial charge in [0.05, 0.1) is 0 Å². The summed E-state index contributed by atoms with van der Waals surface area (Å²) in [4.78, 5) is 0. The molecule has 23 heavy (non-hydrogen) atoms. The lowest BCUT2D eigenvalue weighted by atomic mass is 10.0. The SMILES string of the molecule is CC1(Oc2ccccc2)/C=C\C=C(Oc2ccccc2)C/C=C\1. The third-order valence-corrected chi connectivity index (χ3v) is 3.55. The number of para-hydroxylation sites is 2. The second-order valence-corrected chi connectivity index (χ2v) is 5.61. The van der Waals surface area contributed by atoms with Gasteiger partial charge < -0.3 is 9.47 Å². The van der Waals surface area contributed by atoms with E-state index in [1.54, 1.807) is 0 Å². The number of benzene rings is 2. The van der Waals surface area contributed by atoms with Gasteiger partial charge in [-0.25, -0.2) is 0 Å². The van der Waals surface area contributed by atoms with Gasteiger partial charge in [0, 0.05) is 6.42 Å². The largest absolute Gasteiger partial charge is 0.479 e. The van der Waals surface area contributed by atoms with Crippen LogP contribution in [0.1, 0.15) is 13.3 Å². The molecule has 0 aromatic heterocycles. The summed E-state index contributed by atoms with van der Waals surface area (Å²) >= 11 is 0. The number of rotatable bonds is 4.